The summed E-state index contributed by atoms with van der Waals surface area (Å²) in [6.07, 6.45) is 15.3. The third kappa shape index (κ3) is 7.14. The number of hydrogen-bond acceptors (Lipinski definition) is 0. The summed E-state index contributed by atoms with van der Waals surface area (Å²) in [5, 5.41) is 0. The van der Waals surface area contributed by atoms with E-state index in [2.05, 4.69) is 42.3 Å². The average Bonchev–Trinajstić information content (AvgIpc) is 2.72. The van der Waals surface area contributed by atoms with E-state index in [0.717, 1.165) is 0 Å². The lowest BCUT2D eigenvalue weighted by atomic mass is 10.2. The number of nitrogens with zero attached hydrogens (tertiary/aromatic N) is 2. The molecule has 0 spiro atoms. The van der Waals surface area contributed by atoms with Crippen LogP contribution in [0.4, 0.5) is 0 Å². The molecule has 0 amide bonds. The van der Waals surface area contributed by atoms with Gasteiger partial charge in [0.25, 0.3) is 5.82 Å². The molecule has 19 heavy (non-hydrogen) atoms. The number of rotatable bonds is 10. The van der Waals surface area contributed by atoms with E-state index >= 15 is 0 Å². The predicted molar refractivity (Wildman–Crippen MR) is 77.6 cm³/mol. The summed E-state index contributed by atoms with van der Waals surface area (Å²) in [6.45, 7) is 9.16. The first-order valence-electron chi connectivity index (χ1n) is 7.84. The third-order valence-electron chi connectivity index (χ3n) is 3.76. The fraction of sp³-hybridized carbons (Fsp3) is 0.812. The number of hydrogen-bond donors (Lipinski definition) is 0. The number of aryl methyl sites for hydroxylation is 2. The molecule has 1 aromatic heterocycles. The van der Waals surface area contributed by atoms with Crippen molar-refractivity contribution < 1.29 is 21.5 Å². The zero-order chi connectivity index (χ0) is 13.2. The van der Waals surface area contributed by atoms with Crippen molar-refractivity contribution in [1.29, 1.82) is 0 Å². The van der Waals surface area contributed by atoms with E-state index in [1.807, 2.05) is 0 Å². The molecule has 0 aliphatic carbocycles. The Morgan fingerprint density at radius 2 is 1.58 bits per heavy atom. The molecule has 0 aromatic carbocycles. The van der Waals surface area contributed by atoms with Crippen LogP contribution in [0.5, 0.6) is 0 Å². The summed E-state index contributed by atoms with van der Waals surface area (Å²) in [5.41, 5.74) is 0. The highest BCUT2D eigenvalue weighted by molar-refractivity contribution is 4.79. The molecule has 0 fully saturated rings. The number of unbranched alkanes of at least 4 members (excludes halogenated alkanes) is 6. The van der Waals surface area contributed by atoms with Gasteiger partial charge in [-0.1, -0.05) is 39.5 Å². The molecule has 0 N–H and O–H groups in total. The van der Waals surface area contributed by atoms with Crippen molar-refractivity contribution >= 4 is 0 Å². The van der Waals surface area contributed by atoms with Crippen molar-refractivity contribution in [3.8, 4) is 0 Å². The molecular weight excluding hydrogens is 300 g/mol. The van der Waals surface area contributed by atoms with Crippen LogP contribution in [-0.2, 0) is 13.1 Å². The molecule has 112 valence electrons. The van der Waals surface area contributed by atoms with Crippen LogP contribution in [0.1, 0.15) is 71.0 Å². The Morgan fingerprint density at radius 3 is 2.21 bits per heavy atom. The maximum absolute atomic E-state index is 2.41. The van der Waals surface area contributed by atoms with Gasteiger partial charge < -0.3 is 17.0 Å². The van der Waals surface area contributed by atoms with Crippen molar-refractivity contribution in [2.45, 2.75) is 85.2 Å². The van der Waals surface area contributed by atoms with Gasteiger partial charge in [-0.2, -0.15) is 0 Å². The molecule has 2 nitrogen and oxygen atoms in total. The molecule has 0 unspecified atom stereocenters. The van der Waals surface area contributed by atoms with E-state index in [0.29, 0.717) is 0 Å². The minimum atomic E-state index is 0. The molecule has 0 radical (unpaired) electrons. The maximum Gasteiger partial charge on any atom is 0.253 e. The standard InChI is InChI=1S/C16H31N2.BrH/c1-4-6-8-10-12-17-14-15-18(16(17)3)13-11-9-7-5-2;/h14-15H,4-13H2,1-3H3;1H/q+1;/p-1. The SMILES string of the molecule is CCCCCCn1cc[n+](CCCCCC)c1C.[Br-]. The highest BCUT2D eigenvalue weighted by Crippen LogP contribution is 2.04. The zero-order valence-electron chi connectivity index (χ0n) is 13.0. The molecule has 1 heterocycles. The number of halogens is 1. The smallest absolute Gasteiger partial charge is 0.253 e. The number of imidazole rings is 1. The second-order valence-electron chi connectivity index (χ2n) is 5.35. The summed E-state index contributed by atoms with van der Waals surface area (Å²) < 4.78 is 4.82. The Hall–Kier alpha value is -0.310. The molecule has 0 saturated carbocycles. The molecule has 1 rings (SSSR count). The summed E-state index contributed by atoms with van der Waals surface area (Å²) in [7, 11) is 0. The molecule has 0 aliphatic rings. The van der Waals surface area contributed by atoms with E-state index in [4.69, 9.17) is 0 Å². The summed E-state index contributed by atoms with van der Waals surface area (Å²) in [4.78, 5) is 0. The first kappa shape index (κ1) is 18.7. The van der Waals surface area contributed by atoms with Gasteiger partial charge in [-0.05, 0) is 25.7 Å². The van der Waals surface area contributed by atoms with Crippen LogP contribution < -0.4 is 21.5 Å². The van der Waals surface area contributed by atoms with Gasteiger partial charge in [-0.3, -0.25) is 0 Å². The van der Waals surface area contributed by atoms with Gasteiger partial charge in [0.1, 0.15) is 12.4 Å². The second kappa shape index (κ2) is 11.5. The number of aromatic nitrogens is 2. The first-order chi connectivity index (χ1) is 8.79. The molecule has 0 aliphatic heterocycles. The van der Waals surface area contributed by atoms with Gasteiger partial charge in [0, 0.05) is 6.92 Å². The van der Waals surface area contributed by atoms with E-state index in [-0.39, 0.29) is 17.0 Å². The van der Waals surface area contributed by atoms with Crippen LogP contribution in [0.2, 0.25) is 0 Å². The largest absolute Gasteiger partial charge is 1.00 e. The highest BCUT2D eigenvalue weighted by atomic mass is 79.9. The van der Waals surface area contributed by atoms with Gasteiger partial charge in [0.2, 0.25) is 0 Å². The third-order valence-corrected chi connectivity index (χ3v) is 3.76. The van der Waals surface area contributed by atoms with Crippen molar-refractivity contribution in [2.24, 2.45) is 0 Å². The fourth-order valence-corrected chi connectivity index (χ4v) is 2.43. The quantitative estimate of drug-likeness (QED) is 0.451. The van der Waals surface area contributed by atoms with Crippen LogP contribution in [0.3, 0.4) is 0 Å². The monoisotopic (exact) mass is 330 g/mol. The normalized spacial score (nSPS) is 10.5. The van der Waals surface area contributed by atoms with Gasteiger partial charge >= 0.3 is 0 Å². The van der Waals surface area contributed by atoms with Crippen LogP contribution in [0.25, 0.3) is 0 Å². The van der Waals surface area contributed by atoms with E-state index in [9.17, 15) is 0 Å². The lowest BCUT2D eigenvalue weighted by Crippen LogP contribution is -3.00. The van der Waals surface area contributed by atoms with Crippen molar-refractivity contribution in [3.05, 3.63) is 18.2 Å². The van der Waals surface area contributed by atoms with Crippen molar-refractivity contribution in [1.82, 2.24) is 4.57 Å². The Labute approximate surface area is 130 Å². The van der Waals surface area contributed by atoms with Crippen LogP contribution in [-0.4, -0.2) is 4.57 Å². The summed E-state index contributed by atoms with van der Waals surface area (Å²) in [5.74, 6) is 1.42. The Balaban J connectivity index is 0.00000324. The average molecular weight is 331 g/mol. The minimum absolute atomic E-state index is 0. The second-order valence-corrected chi connectivity index (χ2v) is 5.35. The van der Waals surface area contributed by atoms with Crippen molar-refractivity contribution in [3.63, 3.8) is 0 Å². The summed E-state index contributed by atoms with van der Waals surface area (Å²) in [6, 6.07) is 0. The lowest BCUT2D eigenvalue weighted by Gasteiger charge is -2.01. The van der Waals surface area contributed by atoms with Crippen LogP contribution in [0.15, 0.2) is 12.4 Å². The molecular formula is C16H31BrN2. The maximum atomic E-state index is 2.41. The predicted octanol–water partition coefficient (Wildman–Crippen LogP) is 1.25. The van der Waals surface area contributed by atoms with Gasteiger partial charge in [0.05, 0.1) is 13.1 Å². The molecule has 0 atom stereocenters. The Morgan fingerprint density at radius 1 is 0.947 bits per heavy atom. The van der Waals surface area contributed by atoms with Crippen LogP contribution >= 0.6 is 0 Å². The molecule has 0 bridgehead atoms. The Bertz CT molecular complexity index is 291. The first-order valence-corrected chi connectivity index (χ1v) is 7.84. The van der Waals surface area contributed by atoms with Gasteiger partial charge in [-0.15, -0.1) is 0 Å². The Kier molecular flexibility index (Phi) is 11.3. The minimum Gasteiger partial charge on any atom is -1.00 e. The summed E-state index contributed by atoms with van der Waals surface area (Å²) >= 11 is 0. The van der Waals surface area contributed by atoms with E-state index in [1.165, 1.54) is 70.3 Å². The topological polar surface area (TPSA) is 8.81 Å². The van der Waals surface area contributed by atoms with E-state index < -0.39 is 0 Å². The fourth-order valence-electron chi connectivity index (χ4n) is 2.43. The van der Waals surface area contributed by atoms with Crippen LogP contribution in [0, 0.1) is 6.92 Å². The van der Waals surface area contributed by atoms with E-state index in [1.54, 1.807) is 0 Å². The zero-order valence-corrected chi connectivity index (χ0v) is 14.6. The molecule has 1 aromatic rings. The lowest BCUT2D eigenvalue weighted by molar-refractivity contribution is -0.702. The molecule has 3 heteroatoms. The van der Waals surface area contributed by atoms with Crippen molar-refractivity contribution in [2.75, 3.05) is 0 Å². The molecule has 0 saturated heterocycles. The highest BCUT2D eigenvalue weighted by Gasteiger charge is 2.10. The van der Waals surface area contributed by atoms with Gasteiger partial charge in [-0.25, -0.2) is 9.13 Å². The van der Waals surface area contributed by atoms with Gasteiger partial charge in [0.15, 0.2) is 0 Å².